The highest BCUT2D eigenvalue weighted by Crippen LogP contribution is 2.20. The third-order valence-electron chi connectivity index (χ3n) is 2.92. The van der Waals surface area contributed by atoms with E-state index < -0.39 is 5.38 Å². The van der Waals surface area contributed by atoms with Crippen molar-refractivity contribution < 1.29 is 4.79 Å². The molecule has 0 bridgehead atoms. The molecule has 0 aliphatic carbocycles. The van der Waals surface area contributed by atoms with E-state index in [4.69, 9.17) is 11.6 Å². The Hall–Kier alpha value is -1.81. The number of rotatable bonds is 4. The number of aromatic nitrogens is 2. The Morgan fingerprint density at radius 1 is 1.37 bits per heavy atom. The van der Waals surface area contributed by atoms with Crippen molar-refractivity contribution in [1.29, 1.82) is 0 Å². The van der Waals surface area contributed by atoms with Crippen LogP contribution in [0.2, 0.25) is 0 Å². The lowest BCUT2D eigenvalue weighted by Crippen LogP contribution is -2.28. The van der Waals surface area contributed by atoms with Gasteiger partial charge in [-0.05, 0) is 31.0 Å². The topological polar surface area (TPSA) is 46.9 Å². The van der Waals surface area contributed by atoms with Crippen LogP contribution < -0.4 is 5.32 Å². The third kappa shape index (κ3) is 3.35. The van der Waals surface area contributed by atoms with Gasteiger partial charge < -0.3 is 5.32 Å². The molecule has 0 aliphatic heterocycles. The van der Waals surface area contributed by atoms with E-state index in [-0.39, 0.29) is 5.91 Å². The van der Waals surface area contributed by atoms with Crippen molar-refractivity contribution in [2.75, 3.05) is 5.32 Å². The quantitative estimate of drug-likeness (QED) is 0.874. The zero-order chi connectivity index (χ0) is 13.8. The van der Waals surface area contributed by atoms with Gasteiger partial charge in [0.05, 0.1) is 6.54 Å². The van der Waals surface area contributed by atoms with Crippen LogP contribution in [0.4, 0.5) is 5.69 Å². The predicted molar refractivity (Wildman–Crippen MR) is 76.4 cm³/mol. The van der Waals surface area contributed by atoms with Crippen LogP contribution >= 0.6 is 11.6 Å². The maximum atomic E-state index is 12.1. The van der Waals surface area contributed by atoms with Crippen molar-refractivity contribution in [3.63, 3.8) is 0 Å². The zero-order valence-electron chi connectivity index (χ0n) is 10.9. The molecule has 2 rings (SSSR count). The van der Waals surface area contributed by atoms with E-state index >= 15 is 0 Å². The molecule has 1 atom stereocenters. The highest BCUT2D eigenvalue weighted by atomic mass is 35.5. The molecule has 1 N–H and O–H groups in total. The van der Waals surface area contributed by atoms with Crippen LogP contribution in [0.5, 0.6) is 0 Å². The molecule has 2 aromatic rings. The summed E-state index contributed by atoms with van der Waals surface area (Å²) in [5.74, 6) is -0.213. The molecule has 1 heterocycles. The summed E-state index contributed by atoms with van der Waals surface area (Å²) in [4.78, 5) is 12.1. The average Bonchev–Trinajstić information content (AvgIpc) is 2.86. The Morgan fingerprint density at radius 2 is 2.05 bits per heavy atom. The summed E-state index contributed by atoms with van der Waals surface area (Å²) in [5.41, 5.74) is 2.88. The van der Waals surface area contributed by atoms with Gasteiger partial charge in [-0.1, -0.05) is 18.2 Å². The molecule has 100 valence electrons. The lowest BCUT2D eigenvalue weighted by atomic mass is 10.1. The van der Waals surface area contributed by atoms with Gasteiger partial charge in [0.25, 0.3) is 0 Å². The summed E-state index contributed by atoms with van der Waals surface area (Å²) < 4.78 is 1.64. The minimum atomic E-state index is -0.654. The maximum absolute atomic E-state index is 12.1. The first-order valence-electron chi connectivity index (χ1n) is 6.06. The molecule has 0 saturated carbocycles. The Morgan fingerprint density at radius 3 is 2.63 bits per heavy atom. The fraction of sp³-hybridized carbons (Fsp3) is 0.286. The fourth-order valence-corrected chi connectivity index (χ4v) is 2.06. The van der Waals surface area contributed by atoms with Gasteiger partial charge in [-0.15, -0.1) is 11.6 Å². The minimum absolute atomic E-state index is 0.213. The number of hydrogen-bond donors (Lipinski definition) is 1. The number of halogens is 1. The van der Waals surface area contributed by atoms with Crippen LogP contribution in [-0.2, 0) is 11.3 Å². The summed E-state index contributed by atoms with van der Waals surface area (Å²) in [6, 6.07) is 7.67. The van der Waals surface area contributed by atoms with E-state index in [0.29, 0.717) is 6.54 Å². The lowest BCUT2D eigenvalue weighted by Gasteiger charge is -2.14. The number of amides is 1. The highest BCUT2D eigenvalue weighted by Gasteiger charge is 2.17. The van der Waals surface area contributed by atoms with E-state index in [9.17, 15) is 4.79 Å². The van der Waals surface area contributed by atoms with E-state index in [2.05, 4.69) is 10.4 Å². The van der Waals surface area contributed by atoms with Crippen LogP contribution in [0.25, 0.3) is 0 Å². The molecule has 4 nitrogen and oxygen atoms in total. The molecule has 1 aromatic heterocycles. The predicted octanol–water partition coefficient (Wildman–Crippen LogP) is 2.75. The van der Waals surface area contributed by atoms with Crippen LogP contribution in [-0.4, -0.2) is 21.1 Å². The SMILES string of the molecule is Cc1cccc(C)c1NC(=O)C(Cl)Cn1cccn1. The van der Waals surface area contributed by atoms with Crippen LogP contribution in [0.1, 0.15) is 11.1 Å². The second-order valence-electron chi connectivity index (χ2n) is 4.45. The Balaban J connectivity index is 2.04. The van der Waals surface area contributed by atoms with Gasteiger partial charge in [-0.2, -0.15) is 5.10 Å². The first-order valence-corrected chi connectivity index (χ1v) is 6.50. The average molecular weight is 278 g/mol. The summed E-state index contributed by atoms with van der Waals surface area (Å²) >= 11 is 6.10. The van der Waals surface area contributed by atoms with Gasteiger partial charge in [-0.3, -0.25) is 9.48 Å². The van der Waals surface area contributed by atoms with E-state index in [1.54, 1.807) is 23.1 Å². The van der Waals surface area contributed by atoms with Gasteiger partial charge in [0.1, 0.15) is 5.38 Å². The van der Waals surface area contributed by atoms with E-state index in [1.165, 1.54) is 0 Å². The molecular formula is C14H16ClN3O. The Bertz CT molecular complexity index is 546. The van der Waals surface area contributed by atoms with Gasteiger partial charge in [0, 0.05) is 18.1 Å². The lowest BCUT2D eigenvalue weighted by molar-refractivity contribution is -0.116. The van der Waals surface area contributed by atoms with E-state index in [1.807, 2.05) is 32.0 Å². The molecule has 5 heteroatoms. The highest BCUT2D eigenvalue weighted by molar-refractivity contribution is 6.32. The van der Waals surface area contributed by atoms with Crippen molar-refractivity contribution >= 4 is 23.2 Å². The number of nitrogens with one attached hydrogen (secondary N) is 1. The number of aryl methyl sites for hydroxylation is 2. The normalized spacial score (nSPS) is 12.2. The van der Waals surface area contributed by atoms with Gasteiger partial charge in [0.15, 0.2) is 0 Å². The smallest absolute Gasteiger partial charge is 0.244 e. The summed E-state index contributed by atoms with van der Waals surface area (Å²) in [6.07, 6.45) is 3.44. The molecular weight excluding hydrogens is 262 g/mol. The summed E-state index contributed by atoms with van der Waals surface area (Å²) in [5, 5.41) is 6.26. The number of carbonyl (C=O) groups is 1. The first kappa shape index (κ1) is 13.6. The third-order valence-corrected chi connectivity index (χ3v) is 3.26. The van der Waals surface area contributed by atoms with Crippen LogP contribution in [0.15, 0.2) is 36.7 Å². The molecule has 0 aliphatic rings. The van der Waals surface area contributed by atoms with Crippen LogP contribution in [0.3, 0.4) is 0 Å². The Kier molecular flexibility index (Phi) is 4.22. The summed E-state index contributed by atoms with van der Waals surface area (Å²) in [6.45, 7) is 4.27. The monoisotopic (exact) mass is 277 g/mol. The van der Waals surface area contributed by atoms with E-state index in [0.717, 1.165) is 16.8 Å². The molecule has 19 heavy (non-hydrogen) atoms. The first-order chi connectivity index (χ1) is 9.08. The zero-order valence-corrected chi connectivity index (χ0v) is 11.7. The van der Waals surface area contributed by atoms with Gasteiger partial charge >= 0.3 is 0 Å². The molecule has 1 amide bonds. The number of benzene rings is 1. The number of alkyl halides is 1. The number of anilines is 1. The van der Waals surface area contributed by atoms with Crippen LogP contribution in [0, 0.1) is 13.8 Å². The van der Waals surface area contributed by atoms with Crippen molar-refractivity contribution in [1.82, 2.24) is 9.78 Å². The molecule has 1 aromatic carbocycles. The molecule has 1 unspecified atom stereocenters. The fourth-order valence-electron chi connectivity index (χ4n) is 1.87. The van der Waals surface area contributed by atoms with Crippen molar-refractivity contribution in [2.24, 2.45) is 0 Å². The maximum Gasteiger partial charge on any atom is 0.244 e. The molecule has 0 spiro atoms. The largest absolute Gasteiger partial charge is 0.324 e. The number of hydrogen-bond acceptors (Lipinski definition) is 2. The minimum Gasteiger partial charge on any atom is -0.324 e. The van der Waals surface area contributed by atoms with Crippen molar-refractivity contribution in [2.45, 2.75) is 25.8 Å². The second-order valence-corrected chi connectivity index (χ2v) is 4.98. The summed E-state index contributed by atoms with van der Waals surface area (Å²) in [7, 11) is 0. The number of nitrogens with zero attached hydrogens (tertiary/aromatic N) is 2. The Labute approximate surface area is 117 Å². The van der Waals surface area contributed by atoms with Gasteiger partial charge in [0.2, 0.25) is 5.91 Å². The standard InChI is InChI=1S/C14H16ClN3O/c1-10-5-3-6-11(2)13(10)17-14(19)12(15)9-18-8-4-7-16-18/h3-8,12H,9H2,1-2H3,(H,17,19). The van der Waals surface area contributed by atoms with Gasteiger partial charge in [-0.25, -0.2) is 0 Å². The molecule has 0 saturated heterocycles. The number of carbonyl (C=O) groups excluding carboxylic acids is 1. The van der Waals surface area contributed by atoms with Crippen molar-refractivity contribution in [3.05, 3.63) is 47.8 Å². The van der Waals surface area contributed by atoms with Crippen molar-refractivity contribution in [3.8, 4) is 0 Å². The molecule has 0 fully saturated rings. The second kappa shape index (κ2) is 5.89. The number of para-hydroxylation sites is 1. The molecule has 0 radical (unpaired) electrons.